The molecule has 0 saturated carbocycles. The van der Waals surface area contributed by atoms with Crippen LogP contribution in [0.2, 0.25) is 0 Å². The van der Waals surface area contributed by atoms with Gasteiger partial charge in [0.1, 0.15) is 11.3 Å². The normalized spacial score (nSPS) is 11.9. The first kappa shape index (κ1) is 18.2. The predicted octanol–water partition coefficient (Wildman–Crippen LogP) is 3.68. The van der Waals surface area contributed by atoms with Crippen molar-refractivity contribution in [3.8, 4) is 5.75 Å². The fraction of sp³-hybridized carbons (Fsp3) is 0.533. The molecule has 0 aliphatic rings. The minimum absolute atomic E-state index is 0. The van der Waals surface area contributed by atoms with E-state index in [1.165, 1.54) is 0 Å². The van der Waals surface area contributed by atoms with Crippen LogP contribution in [0.5, 0.6) is 5.75 Å². The topological polar surface area (TPSA) is 57.5 Å². The van der Waals surface area contributed by atoms with E-state index in [-0.39, 0.29) is 43.2 Å². The van der Waals surface area contributed by atoms with Gasteiger partial charge in [-0.15, -0.1) is 0 Å². The minimum Gasteiger partial charge on any atom is -0.507 e. The Kier molecular flexibility index (Phi) is 5.42. The van der Waals surface area contributed by atoms with Crippen molar-refractivity contribution in [2.45, 2.75) is 52.4 Å². The van der Waals surface area contributed by atoms with Crippen LogP contribution in [0, 0.1) is 0 Å². The van der Waals surface area contributed by atoms with E-state index in [4.69, 9.17) is 0 Å². The second kappa shape index (κ2) is 5.66. The number of carbonyl (C=O) groups is 1. The molecule has 0 atom stereocenters. The van der Waals surface area contributed by atoms with Crippen LogP contribution in [0.3, 0.4) is 0 Å². The maximum Gasteiger partial charge on any atom is 0.339 e. The summed E-state index contributed by atoms with van der Waals surface area (Å²) in [7, 11) is 0. The SMILES string of the molecule is CC(C)(C)c1cc(C(=O)O)c(O)c(C(C)(C)C)c1.[Mo]. The summed E-state index contributed by atoms with van der Waals surface area (Å²) in [6.45, 7) is 12.0. The van der Waals surface area contributed by atoms with Crippen molar-refractivity contribution >= 4 is 5.97 Å². The van der Waals surface area contributed by atoms with Crippen molar-refractivity contribution in [3.63, 3.8) is 0 Å². The molecular formula is C15H22MoO3. The first-order chi connectivity index (χ1) is 7.94. The number of aromatic carboxylic acids is 1. The van der Waals surface area contributed by atoms with Crippen molar-refractivity contribution in [1.82, 2.24) is 0 Å². The molecule has 0 unspecified atom stereocenters. The number of phenols is 1. The summed E-state index contributed by atoms with van der Waals surface area (Å²) in [4.78, 5) is 11.2. The Balaban J connectivity index is 0.00000324. The summed E-state index contributed by atoms with van der Waals surface area (Å²) in [5, 5.41) is 19.3. The summed E-state index contributed by atoms with van der Waals surface area (Å²) in [5.74, 6) is -1.22. The molecule has 2 N–H and O–H groups in total. The molecule has 0 fully saturated rings. The van der Waals surface area contributed by atoms with Crippen molar-refractivity contribution in [3.05, 3.63) is 28.8 Å². The van der Waals surface area contributed by atoms with Gasteiger partial charge in [0.05, 0.1) is 0 Å². The van der Waals surface area contributed by atoms with Gasteiger partial charge in [0, 0.05) is 26.6 Å². The third-order valence-corrected chi connectivity index (χ3v) is 3.01. The van der Waals surface area contributed by atoms with Crippen LogP contribution in [0.1, 0.15) is 63.0 Å². The fourth-order valence-electron chi connectivity index (χ4n) is 1.80. The van der Waals surface area contributed by atoms with Gasteiger partial charge in [0.2, 0.25) is 0 Å². The van der Waals surface area contributed by atoms with Crippen LogP contribution in [0.15, 0.2) is 12.1 Å². The molecule has 0 bridgehead atoms. The summed E-state index contributed by atoms with van der Waals surface area (Å²) in [5.41, 5.74) is 1.12. The largest absolute Gasteiger partial charge is 0.507 e. The Morgan fingerprint density at radius 2 is 1.47 bits per heavy atom. The monoisotopic (exact) mass is 348 g/mol. The molecule has 0 heterocycles. The van der Waals surface area contributed by atoms with Gasteiger partial charge >= 0.3 is 5.97 Å². The van der Waals surface area contributed by atoms with E-state index in [1.54, 1.807) is 6.07 Å². The molecule has 0 aliphatic carbocycles. The zero-order chi connectivity index (χ0) is 14.3. The van der Waals surface area contributed by atoms with Gasteiger partial charge in [-0.1, -0.05) is 47.6 Å². The number of carboxylic acids is 1. The zero-order valence-electron chi connectivity index (χ0n) is 12.4. The minimum atomic E-state index is -1.09. The molecule has 3 nitrogen and oxygen atoms in total. The summed E-state index contributed by atoms with van der Waals surface area (Å²) < 4.78 is 0. The van der Waals surface area contributed by atoms with Crippen molar-refractivity contribution < 1.29 is 36.1 Å². The van der Waals surface area contributed by atoms with Crippen molar-refractivity contribution in [2.24, 2.45) is 0 Å². The van der Waals surface area contributed by atoms with Crippen molar-refractivity contribution in [2.75, 3.05) is 0 Å². The third kappa shape index (κ3) is 4.07. The summed E-state index contributed by atoms with van der Waals surface area (Å²) in [6, 6.07) is 3.47. The molecule has 19 heavy (non-hydrogen) atoms. The first-order valence-electron chi connectivity index (χ1n) is 6.06. The maximum absolute atomic E-state index is 11.2. The number of benzene rings is 1. The standard InChI is InChI=1S/C15H22O3.Mo/c1-14(2,3)9-7-10(13(17)18)12(16)11(8-9)15(4,5)6;/h7-8,16H,1-6H3,(H,17,18);. The Morgan fingerprint density at radius 1 is 1.00 bits per heavy atom. The smallest absolute Gasteiger partial charge is 0.339 e. The molecule has 1 aromatic rings. The average molecular weight is 346 g/mol. The summed E-state index contributed by atoms with van der Waals surface area (Å²) in [6.07, 6.45) is 0. The molecule has 0 aromatic heterocycles. The Morgan fingerprint density at radius 3 is 1.79 bits per heavy atom. The zero-order valence-corrected chi connectivity index (χ0v) is 14.4. The van der Waals surface area contributed by atoms with Crippen LogP contribution in [-0.2, 0) is 31.9 Å². The van der Waals surface area contributed by atoms with Crippen LogP contribution >= 0.6 is 0 Å². The van der Waals surface area contributed by atoms with Crippen LogP contribution in [0.4, 0.5) is 0 Å². The molecule has 0 saturated heterocycles. The van der Waals surface area contributed by atoms with Gasteiger partial charge in [-0.05, 0) is 22.5 Å². The van der Waals surface area contributed by atoms with E-state index in [0.717, 1.165) is 5.56 Å². The second-order valence-corrected chi connectivity index (χ2v) is 6.73. The van der Waals surface area contributed by atoms with Crippen LogP contribution < -0.4 is 0 Å². The number of rotatable bonds is 1. The number of carboxylic acid groups (broad SMARTS) is 1. The second-order valence-electron chi connectivity index (χ2n) is 6.73. The van der Waals surface area contributed by atoms with Gasteiger partial charge in [-0.2, -0.15) is 0 Å². The van der Waals surface area contributed by atoms with Gasteiger partial charge in [0.15, 0.2) is 0 Å². The van der Waals surface area contributed by atoms with E-state index >= 15 is 0 Å². The average Bonchev–Trinajstić information content (AvgIpc) is 2.13. The van der Waals surface area contributed by atoms with Crippen molar-refractivity contribution in [1.29, 1.82) is 0 Å². The van der Waals surface area contributed by atoms with Gasteiger partial charge in [-0.3, -0.25) is 0 Å². The molecular weight excluding hydrogens is 324 g/mol. The van der Waals surface area contributed by atoms with Gasteiger partial charge in [-0.25, -0.2) is 4.79 Å². The first-order valence-corrected chi connectivity index (χ1v) is 6.06. The predicted molar refractivity (Wildman–Crippen MR) is 72.5 cm³/mol. The van der Waals surface area contributed by atoms with Crippen LogP contribution in [-0.4, -0.2) is 16.2 Å². The molecule has 0 amide bonds. The molecule has 106 valence electrons. The van der Waals surface area contributed by atoms with Gasteiger partial charge < -0.3 is 10.2 Å². The molecule has 0 spiro atoms. The van der Waals surface area contributed by atoms with E-state index < -0.39 is 5.97 Å². The molecule has 1 rings (SSSR count). The molecule has 4 heteroatoms. The Bertz CT molecular complexity index is 479. The molecule has 0 aliphatic heterocycles. The number of hydrogen-bond acceptors (Lipinski definition) is 2. The summed E-state index contributed by atoms with van der Waals surface area (Å²) >= 11 is 0. The molecule has 0 radical (unpaired) electrons. The quantitative estimate of drug-likeness (QED) is 0.763. The maximum atomic E-state index is 11.2. The fourth-order valence-corrected chi connectivity index (χ4v) is 1.80. The number of aromatic hydroxyl groups is 1. The van der Waals surface area contributed by atoms with E-state index in [9.17, 15) is 15.0 Å². The number of hydrogen-bond donors (Lipinski definition) is 2. The van der Waals surface area contributed by atoms with Gasteiger partial charge in [0.25, 0.3) is 0 Å². The third-order valence-electron chi connectivity index (χ3n) is 3.01. The van der Waals surface area contributed by atoms with Crippen LogP contribution in [0.25, 0.3) is 0 Å². The van der Waals surface area contributed by atoms with E-state index in [2.05, 4.69) is 0 Å². The van der Waals surface area contributed by atoms with E-state index in [0.29, 0.717) is 5.56 Å². The molecule has 1 aromatic carbocycles. The Labute approximate surface area is 129 Å². The van der Waals surface area contributed by atoms with E-state index in [1.807, 2.05) is 47.6 Å². The Hall–Kier alpha value is -0.822.